The van der Waals surface area contributed by atoms with Crippen LogP contribution in [0.15, 0.2) is 42.7 Å². The summed E-state index contributed by atoms with van der Waals surface area (Å²) in [6, 6.07) is 11.4. The van der Waals surface area contributed by atoms with Crippen LogP contribution >= 0.6 is 0 Å². The summed E-state index contributed by atoms with van der Waals surface area (Å²) in [6.45, 7) is 7.70. The molecule has 5 rings (SSSR count). The van der Waals surface area contributed by atoms with Gasteiger partial charge in [-0.15, -0.1) is 0 Å². The Morgan fingerprint density at radius 3 is 2.37 bits per heavy atom. The molecule has 0 radical (unpaired) electrons. The molecule has 4 heterocycles. The highest BCUT2D eigenvalue weighted by Crippen LogP contribution is 2.37. The molecular weight excluding hydrogens is 493 g/mol. The zero-order valence-corrected chi connectivity index (χ0v) is 21.5. The lowest BCUT2D eigenvalue weighted by Crippen LogP contribution is -2.59. The molecule has 1 aliphatic rings. The van der Waals surface area contributed by atoms with Gasteiger partial charge in [-0.05, 0) is 49.1 Å². The van der Waals surface area contributed by atoms with Crippen molar-refractivity contribution in [2.45, 2.75) is 64.3 Å². The highest BCUT2D eigenvalue weighted by molar-refractivity contribution is 5.88. The molecule has 0 N–H and O–H groups in total. The number of nitriles is 1. The van der Waals surface area contributed by atoms with Gasteiger partial charge in [0, 0.05) is 31.2 Å². The van der Waals surface area contributed by atoms with Crippen LogP contribution in [0.2, 0.25) is 0 Å². The van der Waals surface area contributed by atoms with E-state index >= 15 is 0 Å². The molecule has 3 atom stereocenters. The molecule has 3 aromatic heterocycles. The van der Waals surface area contributed by atoms with Crippen molar-refractivity contribution in [1.82, 2.24) is 29.5 Å². The molecular formula is C27H29F3N8. The van der Waals surface area contributed by atoms with E-state index in [-0.39, 0.29) is 18.1 Å². The number of pyridine rings is 1. The molecule has 198 valence electrons. The van der Waals surface area contributed by atoms with E-state index in [1.807, 2.05) is 6.07 Å². The fraction of sp³-hybridized carbons (Fsp3) is 0.444. The number of halogens is 3. The van der Waals surface area contributed by atoms with Gasteiger partial charge < -0.3 is 4.90 Å². The van der Waals surface area contributed by atoms with Crippen LogP contribution in [0, 0.1) is 11.3 Å². The fourth-order valence-corrected chi connectivity index (χ4v) is 5.56. The molecule has 38 heavy (non-hydrogen) atoms. The molecule has 8 nitrogen and oxygen atoms in total. The van der Waals surface area contributed by atoms with E-state index in [2.05, 4.69) is 51.7 Å². The lowest BCUT2D eigenvalue weighted by molar-refractivity contribution is -0.137. The number of aromatic nitrogens is 5. The van der Waals surface area contributed by atoms with Crippen LogP contribution in [0.3, 0.4) is 0 Å². The van der Waals surface area contributed by atoms with Gasteiger partial charge in [0.15, 0.2) is 5.82 Å². The molecule has 0 spiro atoms. The van der Waals surface area contributed by atoms with Crippen molar-refractivity contribution in [1.29, 1.82) is 5.26 Å². The summed E-state index contributed by atoms with van der Waals surface area (Å²) >= 11 is 0. The maximum Gasteiger partial charge on any atom is 0.416 e. The number of benzene rings is 1. The second kappa shape index (κ2) is 10.2. The molecule has 0 bridgehead atoms. The predicted octanol–water partition coefficient (Wildman–Crippen LogP) is 5.39. The molecule has 0 amide bonds. The number of hydrogen-bond acceptors (Lipinski definition) is 7. The minimum absolute atomic E-state index is 0.00886. The van der Waals surface area contributed by atoms with E-state index in [9.17, 15) is 18.4 Å². The van der Waals surface area contributed by atoms with Crippen molar-refractivity contribution in [2.75, 3.05) is 18.0 Å². The van der Waals surface area contributed by atoms with Crippen LogP contribution in [0.5, 0.6) is 0 Å². The Morgan fingerprint density at radius 1 is 1.00 bits per heavy atom. The van der Waals surface area contributed by atoms with Gasteiger partial charge in [0.05, 0.1) is 11.1 Å². The lowest BCUT2D eigenvalue weighted by atomic mass is 9.94. The van der Waals surface area contributed by atoms with Gasteiger partial charge in [-0.1, -0.05) is 32.9 Å². The van der Waals surface area contributed by atoms with E-state index in [1.54, 1.807) is 22.7 Å². The summed E-state index contributed by atoms with van der Waals surface area (Å²) in [5.74, 6) is 1.13. The van der Waals surface area contributed by atoms with Crippen LogP contribution < -0.4 is 4.90 Å². The first-order valence-electron chi connectivity index (χ1n) is 12.9. The summed E-state index contributed by atoms with van der Waals surface area (Å²) in [4.78, 5) is 18.4. The summed E-state index contributed by atoms with van der Waals surface area (Å²) in [5, 5.41) is 13.8. The zero-order chi connectivity index (χ0) is 27.0. The number of anilines is 1. The highest BCUT2D eigenvalue weighted by Gasteiger charge is 2.38. The average Bonchev–Trinajstić information content (AvgIpc) is 3.41. The largest absolute Gasteiger partial charge is 0.416 e. The summed E-state index contributed by atoms with van der Waals surface area (Å²) < 4.78 is 41.1. The fourth-order valence-electron chi connectivity index (χ4n) is 5.56. The number of nitrogens with zero attached hydrogens (tertiary/aromatic N) is 8. The Hall–Kier alpha value is -3.78. The standard InChI is InChI=1S/C27H29F3N8/c1-4-20-15-37(25-24-23(12-11-19(13-31)34-24)38-26(35-25)32-16-33-38)21(5-2)14-36(20)22(6-3)17-7-9-18(10-8-17)27(28,29)30/h7-12,16,20-22H,4-6,14-15H2,1-3H3/t20-,21+,22-/m1/s1. The van der Waals surface area contributed by atoms with Crippen molar-refractivity contribution in [3.63, 3.8) is 0 Å². The van der Waals surface area contributed by atoms with Gasteiger partial charge in [-0.3, -0.25) is 4.90 Å². The Bertz CT molecular complexity index is 1470. The van der Waals surface area contributed by atoms with Crippen molar-refractivity contribution >= 4 is 22.6 Å². The van der Waals surface area contributed by atoms with Crippen LogP contribution in [-0.4, -0.2) is 54.6 Å². The number of piperazine rings is 1. The maximum absolute atomic E-state index is 13.2. The van der Waals surface area contributed by atoms with Crippen LogP contribution in [0.25, 0.3) is 16.8 Å². The topological polar surface area (TPSA) is 86.2 Å². The molecule has 11 heteroatoms. The number of fused-ring (bicyclic) bond motifs is 3. The first kappa shape index (κ1) is 25.9. The second-order valence-electron chi connectivity index (χ2n) is 9.60. The SMILES string of the molecule is CC[C@H]1CN([C@H](CC)c2ccc(C(F)(F)F)cc2)[C@H](CC)CN1c1nc2ncnn2c2ccc(C#N)nc12. The number of rotatable bonds is 6. The third-order valence-corrected chi connectivity index (χ3v) is 7.53. The van der Waals surface area contributed by atoms with Crippen LogP contribution in [0.4, 0.5) is 19.0 Å². The Morgan fingerprint density at radius 2 is 1.74 bits per heavy atom. The van der Waals surface area contributed by atoms with Crippen LogP contribution in [0.1, 0.15) is 62.9 Å². The van der Waals surface area contributed by atoms with Gasteiger partial charge >= 0.3 is 6.18 Å². The Labute approximate surface area is 218 Å². The van der Waals surface area contributed by atoms with Gasteiger partial charge in [-0.2, -0.15) is 38.0 Å². The smallest absolute Gasteiger partial charge is 0.349 e. The predicted molar refractivity (Wildman–Crippen MR) is 137 cm³/mol. The highest BCUT2D eigenvalue weighted by atomic mass is 19.4. The average molecular weight is 523 g/mol. The molecule has 1 fully saturated rings. The quantitative estimate of drug-likeness (QED) is 0.335. The van der Waals surface area contributed by atoms with E-state index < -0.39 is 11.7 Å². The van der Waals surface area contributed by atoms with E-state index in [0.717, 1.165) is 30.3 Å². The molecule has 0 unspecified atom stereocenters. The third kappa shape index (κ3) is 4.53. The molecule has 1 aliphatic heterocycles. The van der Waals surface area contributed by atoms with Gasteiger partial charge in [0.1, 0.15) is 23.6 Å². The van der Waals surface area contributed by atoms with Gasteiger partial charge in [0.25, 0.3) is 5.78 Å². The van der Waals surface area contributed by atoms with E-state index in [0.29, 0.717) is 35.9 Å². The van der Waals surface area contributed by atoms with Gasteiger partial charge in [-0.25, -0.2) is 4.98 Å². The van der Waals surface area contributed by atoms with E-state index in [1.165, 1.54) is 18.5 Å². The van der Waals surface area contributed by atoms with Crippen molar-refractivity contribution in [2.24, 2.45) is 0 Å². The van der Waals surface area contributed by atoms with E-state index in [4.69, 9.17) is 4.98 Å². The first-order chi connectivity index (χ1) is 18.3. The maximum atomic E-state index is 13.2. The first-order valence-corrected chi connectivity index (χ1v) is 12.9. The normalized spacial score (nSPS) is 19.7. The molecule has 4 aromatic rings. The molecule has 1 saturated heterocycles. The van der Waals surface area contributed by atoms with Gasteiger partial charge in [0.2, 0.25) is 0 Å². The van der Waals surface area contributed by atoms with Crippen LogP contribution in [-0.2, 0) is 6.18 Å². The van der Waals surface area contributed by atoms with Crippen molar-refractivity contribution < 1.29 is 13.2 Å². The molecule has 0 aliphatic carbocycles. The van der Waals surface area contributed by atoms with Crippen molar-refractivity contribution in [3.8, 4) is 6.07 Å². The zero-order valence-electron chi connectivity index (χ0n) is 21.5. The second-order valence-corrected chi connectivity index (χ2v) is 9.60. The summed E-state index contributed by atoms with van der Waals surface area (Å²) in [7, 11) is 0. The minimum Gasteiger partial charge on any atom is -0.349 e. The van der Waals surface area contributed by atoms with Crippen molar-refractivity contribution in [3.05, 3.63) is 59.5 Å². The molecule has 1 aromatic carbocycles. The third-order valence-electron chi connectivity index (χ3n) is 7.53. The lowest BCUT2D eigenvalue weighted by Gasteiger charge is -2.49. The Balaban J connectivity index is 1.53. The minimum atomic E-state index is -4.36. The number of hydrogen-bond donors (Lipinski definition) is 0. The summed E-state index contributed by atoms with van der Waals surface area (Å²) in [5.41, 5.74) is 1.87. The summed E-state index contributed by atoms with van der Waals surface area (Å²) in [6.07, 6.45) is -0.449. The Kier molecular flexibility index (Phi) is 6.92. The number of alkyl halides is 3. The monoisotopic (exact) mass is 522 g/mol. The molecule has 0 saturated carbocycles.